The third-order valence-corrected chi connectivity index (χ3v) is 3.10. The molecule has 118 valence electrons. The topological polar surface area (TPSA) is 47.7 Å². The molecule has 0 spiro atoms. The molecule has 6 heteroatoms. The van der Waals surface area contributed by atoms with Crippen molar-refractivity contribution in [3.63, 3.8) is 0 Å². The molecule has 0 saturated heterocycles. The van der Waals surface area contributed by atoms with Crippen molar-refractivity contribution < 1.29 is 0 Å². The van der Waals surface area contributed by atoms with Crippen molar-refractivity contribution in [3.8, 4) is 0 Å². The molecule has 2 aromatic rings. The molecular formula is C15H26ClN5. The Balaban J connectivity index is 0.00000220. The van der Waals surface area contributed by atoms with E-state index in [1.54, 1.807) is 0 Å². The lowest BCUT2D eigenvalue weighted by molar-refractivity contribution is 0.474. The maximum atomic E-state index is 4.56. The molecule has 2 heterocycles. The summed E-state index contributed by atoms with van der Waals surface area (Å²) < 4.78 is 4.06. The number of aromatic nitrogens is 4. The van der Waals surface area contributed by atoms with Crippen LogP contribution in [-0.2, 0) is 19.6 Å². The van der Waals surface area contributed by atoms with Gasteiger partial charge in [0.2, 0.25) is 0 Å². The average Bonchev–Trinajstić information content (AvgIpc) is 2.98. The molecule has 21 heavy (non-hydrogen) atoms. The van der Waals surface area contributed by atoms with Gasteiger partial charge in [0.15, 0.2) is 0 Å². The Morgan fingerprint density at radius 2 is 1.90 bits per heavy atom. The van der Waals surface area contributed by atoms with E-state index in [2.05, 4.69) is 61.5 Å². The molecular weight excluding hydrogens is 286 g/mol. The van der Waals surface area contributed by atoms with Gasteiger partial charge in [0.1, 0.15) is 0 Å². The molecule has 0 amide bonds. The largest absolute Gasteiger partial charge is 0.305 e. The van der Waals surface area contributed by atoms with Crippen LogP contribution in [0.15, 0.2) is 24.5 Å². The first-order valence-corrected chi connectivity index (χ1v) is 7.31. The van der Waals surface area contributed by atoms with Gasteiger partial charge < -0.3 is 5.32 Å². The quantitative estimate of drug-likeness (QED) is 0.855. The first-order valence-electron chi connectivity index (χ1n) is 7.31. The molecule has 0 atom stereocenters. The first kappa shape index (κ1) is 17.7. The molecule has 0 unspecified atom stereocenters. The van der Waals surface area contributed by atoms with Crippen molar-refractivity contribution in [3.05, 3.63) is 35.9 Å². The number of hydrogen-bond donors (Lipinski definition) is 1. The van der Waals surface area contributed by atoms with E-state index in [9.17, 15) is 0 Å². The number of nitrogens with zero attached hydrogens (tertiary/aromatic N) is 4. The van der Waals surface area contributed by atoms with E-state index >= 15 is 0 Å². The molecule has 2 rings (SSSR count). The summed E-state index contributed by atoms with van der Waals surface area (Å²) in [6.07, 6.45) is 3.91. The molecule has 0 aromatic carbocycles. The monoisotopic (exact) mass is 311 g/mol. The summed E-state index contributed by atoms with van der Waals surface area (Å²) >= 11 is 0. The van der Waals surface area contributed by atoms with Gasteiger partial charge in [0.05, 0.1) is 11.4 Å². The second kappa shape index (κ2) is 8.20. The summed E-state index contributed by atoms with van der Waals surface area (Å²) in [5.41, 5.74) is 2.29. The van der Waals surface area contributed by atoms with Crippen LogP contribution in [0, 0.1) is 5.92 Å². The summed E-state index contributed by atoms with van der Waals surface area (Å²) in [4.78, 5) is 0. The highest BCUT2D eigenvalue weighted by Gasteiger charge is 2.06. The predicted molar refractivity (Wildman–Crippen MR) is 87.5 cm³/mol. The summed E-state index contributed by atoms with van der Waals surface area (Å²) in [6.45, 7) is 11.3. The van der Waals surface area contributed by atoms with Crippen LogP contribution in [0.3, 0.4) is 0 Å². The molecule has 0 bridgehead atoms. The molecule has 0 radical (unpaired) electrons. The van der Waals surface area contributed by atoms with Crippen LogP contribution >= 0.6 is 12.4 Å². The lowest BCUT2D eigenvalue weighted by Crippen LogP contribution is -2.18. The van der Waals surface area contributed by atoms with E-state index in [-0.39, 0.29) is 12.4 Å². The van der Waals surface area contributed by atoms with Crippen molar-refractivity contribution in [2.45, 2.75) is 53.4 Å². The summed E-state index contributed by atoms with van der Waals surface area (Å²) in [7, 11) is 0. The molecule has 0 aliphatic carbocycles. The maximum absolute atomic E-state index is 4.56. The van der Waals surface area contributed by atoms with Gasteiger partial charge in [-0.1, -0.05) is 13.8 Å². The molecule has 5 nitrogen and oxygen atoms in total. The fraction of sp³-hybridized carbons (Fsp3) is 0.600. The Labute approximate surface area is 133 Å². The maximum Gasteiger partial charge on any atom is 0.0762 e. The fourth-order valence-corrected chi connectivity index (χ4v) is 2.24. The fourth-order valence-electron chi connectivity index (χ4n) is 2.24. The molecule has 0 aliphatic rings. The van der Waals surface area contributed by atoms with E-state index in [1.807, 2.05) is 15.6 Å². The van der Waals surface area contributed by atoms with Gasteiger partial charge in [-0.3, -0.25) is 9.36 Å². The molecule has 0 aliphatic heterocycles. The molecule has 2 aromatic heterocycles. The Morgan fingerprint density at radius 1 is 1.14 bits per heavy atom. The van der Waals surface area contributed by atoms with Crippen LogP contribution in [0.25, 0.3) is 0 Å². The number of rotatable bonds is 7. The highest BCUT2D eigenvalue weighted by molar-refractivity contribution is 5.85. The lowest BCUT2D eigenvalue weighted by atomic mass is 10.2. The standard InChI is InChI=1S/C15H25N5.ClH/c1-12(2)11-19-8-6-14(18-19)9-16-10-15-5-7-17-20(15)13(3)4;/h5-8,12-13,16H,9-11H2,1-4H3;1H. The predicted octanol–water partition coefficient (Wildman–Crippen LogP) is 3.03. The number of nitrogens with one attached hydrogen (secondary N) is 1. The van der Waals surface area contributed by atoms with Crippen LogP contribution in [0.2, 0.25) is 0 Å². The zero-order chi connectivity index (χ0) is 14.5. The van der Waals surface area contributed by atoms with Crippen LogP contribution < -0.4 is 5.32 Å². The zero-order valence-electron chi connectivity index (χ0n) is 13.3. The van der Waals surface area contributed by atoms with E-state index in [0.29, 0.717) is 12.0 Å². The van der Waals surface area contributed by atoms with E-state index in [4.69, 9.17) is 0 Å². The van der Waals surface area contributed by atoms with E-state index in [0.717, 1.165) is 25.3 Å². The van der Waals surface area contributed by atoms with Gasteiger partial charge in [0, 0.05) is 38.1 Å². The molecule has 0 fully saturated rings. The van der Waals surface area contributed by atoms with Crippen LogP contribution in [0.5, 0.6) is 0 Å². The number of hydrogen-bond acceptors (Lipinski definition) is 3. The summed E-state index contributed by atoms with van der Waals surface area (Å²) in [5, 5.41) is 12.3. The molecule has 1 N–H and O–H groups in total. The lowest BCUT2D eigenvalue weighted by Gasteiger charge is -2.11. The van der Waals surface area contributed by atoms with E-state index < -0.39 is 0 Å². The Hall–Kier alpha value is -1.33. The van der Waals surface area contributed by atoms with Crippen LogP contribution in [-0.4, -0.2) is 19.6 Å². The van der Waals surface area contributed by atoms with Crippen molar-refractivity contribution in [2.75, 3.05) is 0 Å². The zero-order valence-corrected chi connectivity index (χ0v) is 14.1. The highest BCUT2D eigenvalue weighted by atomic mass is 35.5. The van der Waals surface area contributed by atoms with Crippen LogP contribution in [0.1, 0.15) is 45.1 Å². The van der Waals surface area contributed by atoms with Gasteiger partial charge in [-0.15, -0.1) is 12.4 Å². The second-order valence-electron chi connectivity index (χ2n) is 5.89. The third kappa shape index (κ3) is 5.17. The average molecular weight is 312 g/mol. The van der Waals surface area contributed by atoms with Gasteiger partial charge in [0.25, 0.3) is 0 Å². The minimum absolute atomic E-state index is 0. The summed E-state index contributed by atoms with van der Waals surface area (Å²) in [5.74, 6) is 0.621. The third-order valence-electron chi connectivity index (χ3n) is 3.10. The van der Waals surface area contributed by atoms with Gasteiger partial charge in [-0.25, -0.2) is 0 Å². The summed E-state index contributed by atoms with van der Waals surface area (Å²) in [6, 6.07) is 4.53. The van der Waals surface area contributed by atoms with Gasteiger partial charge >= 0.3 is 0 Å². The van der Waals surface area contributed by atoms with Gasteiger partial charge in [-0.05, 0) is 31.9 Å². The highest BCUT2D eigenvalue weighted by Crippen LogP contribution is 2.08. The van der Waals surface area contributed by atoms with Crippen molar-refractivity contribution in [1.29, 1.82) is 0 Å². The minimum Gasteiger partial charge on any atom is -0.305 e. The van der Waals surface area contributed by atoms with Crippen molar-refractivity contribution in [1.82, 2.24) is 24.9 Å². The molecule has 0 saturated carbocycles. The Morgan fingerprint density at radius 3 is 2.57 bits per heavy atom. The normalized spacial score (nSPS) is 11.1. The second-order valence-corrected chi connectivity index (χ2v) is 5.89. The Bertz CT molecular complexity index is 530. The van der Waals surface area contributed by atoms with Crippen LogP contribution in [0.4, 0.5) is 0 Å². The SMILES string of the molecule is CC(C)Cn1ccc(CNCc2ccnn2C(C)C)n1.Cl. The van der Waals surface area contributed by atoms with E-state index in [1.165, 1.54) is 5.69 Å². The van der Waals surface area contributed by atoms with Crippen molar-refractivity contribution in [2.24, 2.45) is 5.92 Å². The van der Waals surface area contributed by atoms with Crippen molar-refractivity contribution >= 4 is 12.4 Å². The number of halogens is 1. The Kier molecular flexibility index (Phi) is 6.92. The first-order chi connectivity index (χ1) is 9.56. The smallest absolute Gasteiger partial charge is 0.0762 e. The minimum atomic E-state index is 0. The van der Waals surface area contributed by atoms with Gasteiger partial charge in [-0.2, -0.15) is 10.2 Å².